The maximum atomic E-state index is 12.7. The first-order valence-corrected chi connectivity index (χ1v) is 10.0. The SMILES string of the molecule is CC(C)OC(=O)c1ccc(NC(=O)CC23CC4CC(CC(C4)C2)C3)cc1. The van der Waals surface area contributed by atoms with Crippen molar-refractivity contribution >= 4 is 17.6 Å². The van der Waals surface area contributed by atoms with Crippen molar-refractivity contribution in [2.45, 2.75) is 64.9 Å². The normalized spacial score (nSPS) is 31.9. The average molecular weight is 355 g/mol. The standard InChI is InChI=1S/C22H29NO3/c1-14(2)26-21(25)18-3-5-19(6-4-18)23-20(24)13-22-10-15-7-16(11-22)9-17(8-15)12-22/h3-6,14-17H,7-13H2,1-2H3,(H,23,24). The van der Waals surface area contributed by atoms with Gasteiger partial charge in [0.25, 0.3) is 0 Å². The second-order valence-electron chi connectivity index (χ2n) is 9.17. The fourth-order valence-corrected chi connectivity index (χ4v) is 6.02. The first kappa shape index (κ1) is 17.6. The minimum absolute atomic E-state index is 0.115. The number of nitrogens with one attached hydrogen (secondary N) is 1. The van der Waals surface area contributed by atoms with Crippen molar-refractivity contribution in [3.05, 3.63) is 29.8 Å². The molecular formula is C22H29NO3. The molecule has 1 aromatic carbocycles. The molecule has 0 aliphatic heterocycles. The lowest BCUT2D eigenvalue weighted by atomic mass is 9.49. The molecule has 1 N–H and O–H groups in total. The van der Waals surface area contributed by atoms with Crippen molar-refractivity contribution in [1.82, 2.24) is 0 Å². The maximum Gasteiger partial charge on any atom is 0.338 e. The van der Waals surface area contributed by atoms with Gasteiger partial charge in [-0.25, -0.2) is 4.79 Å². The molecule has 4 aliphatic carbocycles. The van der Waals surface area contributed by atoms with Gasteiger partial charge in [0.05, 0.1) is 11.7 Å². The van der Waals surface area contributed by atoms with Gasteiger partial charge in [-0.2, -0.15) is 0 Å². The number of hydrogen-bond donors (Lipinski definition) is 1. The summed E-state index contributed by atoms with van der Waals surface area (Å²) in [5, 5.41) is 3.03. The van der Waals surface area contributed by atoms with E-state index in [0.717, 1.165) is 23.4 Å². The number of rotatable bonds is 5. The summed E-state index contributed by atoms with van der Waals surface area (Å²) < 4.78 is 5.19. The van der Waals surface area contributed by atoms with Gasteiger partial charge >= 0.3 is 5.97 Å². The van der Waals surface area contributed by atoms with Gasteiger partial charge < -0.3 is 10.1 Å². The van der Waals surface area contributed by atoms with Crippen LogP contribution in [0.4, 0.5) is 5.69 Å². The van der Waals surface area contributed by atoms with Crippen LogP contribution in [0.25, 0.3) is 0 Å². The van der Waals surface area contributed by atoms with E-state index in [9.17, 15) is 9.59 Å². The minimum atomic E-state index is -0.327. The van der Waals surface area contributed by atoms with Crippen molar-refractivity contribution in [3.8, 4) is 0 Å². The Morgan fingerprint density at radius 1 is 1.04 bits per heavy atom. The molecule has 4 saturated carbocycles. The van der Waals surface area contributed by atoms with Gasteiger partial charge in [-0.15, -0.1) is 0 Å². The fourth-order valence-electron chi connectivity index (χ4n) is 6.02. The highest BCUT2D eigenvalue weighted by atomic mass is 16.5. The Morgan fingerprint density at radius 2 is 1.58 bits per heavy atom. The molecule has 26 heavy (non-hydrogen) atoms. The molecule has 0 unspecified atom stereocenters. The van der Waals surface area contributed by atoms with Crippen LogP contribution in [0.5, 0.6) is 0 Å². The van der Waals surface area contributed by atoms with Gasteiger partial charge in [-0.1, -0.05) is 0 Å². The van der Waals surface area contributed by atoms with Gasteiger partial charge in [0.15, 0.2) is 0 Å². The van der Waals surface area contributed by atoms with E-state index in [1.165, 1.54) is 38.5 Å². The summed E-state index contributed by atoms with van der Waals surface area (Å²) in [5.74, 6) is 2.37. The second-order valence-corrected chi connectivity index (χ2v) is 9.17. The molecule has 4 aliphatic rings. The van der Waals surface area contributed by atoms with Crippen molar-refractivity contribution < 1.29 is 14.3 Å². The van der Waals surface area contributed by atoms with E-state index < -0.39 is 0 Å². The molecule has 5 rings (SSSR count). The maximum absolute atomic E-state index is 12.7. The van der Waals surface area contributed by atoms with Crippen molar-refractivity contribution in [2.24, 2.45) is 23.2 Å². The zero-order valence-corrected chi connectivity index (χ0v) is 15.8. The quantitative estimate of drug-likeness (QED) is 0.772. The van der Waals surface area contributed by atoms with Crippen LogP contribution in [0.3, 0.4) is 0 Å². The summed E-state index contributed by atoms with van der Waals surface area (Å²) in [6.07, 6.45) is 8.43. The molecule has 4 bridgehead atoms. The number of anilines is 1. The number of amides is 1. The lowest BCUT2D eigenvalue weighted by Gasteiger charge is -2.56. The van der Waals surface area contributed by atoms with E-state index in [1.807, 2.05) is 13.8 Å². The lowest BCUT2D eigenvalue weighted by molar-refractivity contribution is -0.124. The molecule has 4 fully saturated rings. The van der Waals surface area contributed by atoms with Crippen LogP contribution in [0, 0.1) is 23.2 Å². The zero-order chi connectivity index (χ0) is 18.3. The molecule has 4 heteroatoms. The summed E-state index contributed by atoms with van der Waals surface area (Å²) >= 11 is 0. The number of hydrogen-bond acceptors (Lipinski definition) is 3. The Bertz CT molecular complexity index is 657. The van der Waals surface area contributed by atoms with Crippen LogP contribution in [0.1, 0.15) is 69.2 Å². The molecule has 0 atom stereocenters. The molecular weight excluding hydrogens is 326 g/mol. The van der Waals surface area contributed by atoms with Crippen LogP contribution in [0.15, 0.2) is 24.3 Å². The molecule has 4 nitrogen and oxygen atoms in total. The molecule has 0 saturated heterocycles. The Hall–Kier alpha value is -1.84. The summed E-state index contributed by atoms with van der Waals surface area (Å²) in [7, 11) is 0. The predicted molar refractivity (Wildman–Crippen MR) is 101 cm³/mol. The van der Waals surface area contributed by atoms with Gasteiger partial charge in [-0.3, -0.25) is 4.79 Å². The highest BCUT2D eigenvalue weighted by Gasteiger charge is 2.51. The Morgan fingerprint density at radius 3 is 2.08 bits per heavy atom. The third-order valence-corrected chi connectivity index (χ3v) is 6.45. The second kappa shape index (κ2) is 6.71. The van der Waals surface area contributed by atoms with Crippen LogP contribution in [0.2, 0.25) is 0 Å². The van der Waals surface area contributed by atoms with E-state index >= 15 is 0 Å². The smallest absolute Gasteiger partial charge is 0.338 e. The van der Waals surface area contributed by atoms with Gasteiger partial charge in [0.2, 0.25) is 5.91 Å². The van der Waals surface area contributed by atoms with Crippen molar-refractivity contribution in [3.63, 3.8) is 0 Å². The summed E-state index contributed by atoms with van der Waals surface area (Å²) in [6, 6.07) is 7.00. The Balaban J connectivity index is 1.36. The topological polar surface area (TPSA) is 55.4 Å². The first-order valence-electron chi connectivity index (χ1n) is 10.0. The summed E-state index contributed by atoms with van der Waals surface area (Å²) in [4.78, 5) is 24.6. The molecule has 0 aromatic heterocycles. The Kier molecular flexibility index (Phi) is 4.54. The lowest BCUT2D eigenvalue weighted by Crippen LogP contribution is -2.47. The highest BCUT2D eigenvalue weighted by molar-refractivity contribution is 5.93. The molecule has 0 radical (unpaired) electrons. The number of carbonyl (C=O) groups is 2. The van der Waals surface area contributed by atoms with Crippen molar-refractivity contribution in [2.75, 3.05) is 5.32 Å². The fraction of sp³-hybridized carbons (Fsp3) is 0.636. The Labute approximate surface area is 155 Å². The number of carbonyl (C=O) groups excluding carboxylic acids is 2. The molecule has 0 heterocycles. The van der Waals surface area contributed by atoms with Crippen LogP contribution in [-0.4, -0.2) is 18.0 Å². The summed E-state index contributed by atoms with van der Waals surface area (Å²) in [5.41, 5.74) is 1.51. The molecule has 0 spiro atoms. The first-order chi connectivity index (χ1) is 12.4. The highest BCUT2D eigenvalue weighted by Crippen LogP contribution is 2.61. The number of ether oxygens (including phenoxy) is 1. The minimum Gasteiger partial charge on any atom is -0.459 e. The predicted octanol–water partition coefficient (Wildman–Crippen LogP) is 4.80. The van der Waals surface area contributed by atoms with E-state index in [1.54, 1.807) is 24.3 Å². The molecule has 1 aromatic rings. The third kappa shape index (κ3) is 3.65. The van der Waals surface area contributed by atoms with Gasteiger partial charge in [0, 0.05) is 12.1 Å². The number of esters is 1. The van der Waals surface area contributed by atoms with E-state index in [2.05, 4.69) is 5.32 Å². The third-order valence-electron chi connectivity index (χ3n) is 6.45. The molecule has 140 valence electrons. The van der Waals surface area contributed by atoms with E-state index in [4.69, 9.17) is 4.74 Å². The monoisotopic (exact) mass is 355 g/mol. The number of benzene rings is 1. The van der Waals surface area contributed by atoms with E-state index in [-0.39, 0.29) is 23.4 Å². The zero-order valence-electron chi connectivity index (χ0n) is 15.8. The van der Waals surface area contributed by atoms with Crippen molar-refractivity contribution in [1.29, 1.82) is 0 Å². The van der Waals surface area contributed by atoms with Crippen LogP contribution in [-0.2, 0) is 9.53 Å². The molecule has 1 amide bonds. The summed E-state index contributed by atoms with van der Waals surface area (Å²) in [6.45, 7) is 3.66. The van der Waals surface area contributed by atoms with Gasteiger partial charge in [-0.05, 0) is 99.8 Å². The van der Waals surface area contributed by atoms with Gasteiger partial charge in [0.1, 0.15) is 0 Å². The largest absolute Gasteiger partial charge is 0.459 e. The van der Waals surface area contributed by atoms with Crippen LogP contribution < -0.4 is 5.32 Å². The average Bonchev–Trinajstić information content (AvgIpc) is 2.52. The van der Waals surface area contributed by atoms with Crippen LogP contribution >= 0.6 is 0 Å². The van der Waals surface area contributed by atoms with E-state index in [0.29, 0.717) is 12.0 Å².